The van der Waals surface area contributed by atoms with Crippen molar-refractivity contribution >= 4 is 42.6 Å². The summed E-state index contributed by atoms with van der Waals surface area (Å²) in [6.45, 7) is 3.23. The summed E-state index contributed by atoms with van der Waals surface area (Å²) in [5.41, 5.74) is 15.8. The molecule has 0 aliphatic heterocycles. The molecule has 0 aromatic heterocycles. The smallest absolute Gasteiger partial charge is 0.269 e. The molecule has 2 unspecified atom stereocenters. The summed E-state index contributed by atoms with van der Waals surface area (Å²) in [6, 6.07) is 0. The number of nitrogens with zero attached hydrogens (tertiary/aromatic N) is 1. The fraction of sp³-hybridized carbons (Fsp3) is 0.824. The molecule has 0 spiro atoms. The van der Waals surface area contributed by atoms with Crippen molar-refractivity contribution in [3.8, 4) is 0 Å². The van der Waals surface area contributed by atoms with Gasteiger partial charge in [-0.3, -0.25) is 14.6 Å². The molecule has 0 aliphatic rings. The van der Waals surface area contributed by atoms with Gasteiger partial charge in [-0.05, 0) is 58.2 Å². The van der Waals surface area contributed by atoms with Crippen LogP contribution in [0.1, 0.15) is 44.9 Å². The van der Waals surface area contributed by atoms with Crippen LogP contribution in [0, 0.1) is 0 Å². The number of carbonyl (C=O) groups excluding carboxylic acids is 2. The summed E-state index contributed by atoms with van der Waals surface area (Å²) in [5.74, 6) is -1.24. The molecule has 2 atom stereocenters. The molecular weight excluding hydrogens is 437 g/mol. The third-order valence-corrected chi connectivity index (χ3v) is 3.84. The zero-order chi connectivity index (χ0) is 21.2. The second-order valence-electron chi connectivity index (χ2n) is 6.52. The van der Waals surface area contributed by atoms with Gasteiger partial charge in [0, 0.05) is 13.1 Å². The van der Waals surface area contributed by atoms with Crippen LogP contribution in [-0.4, -0.2) is 73.0 Å². The van der Waals surface area contributed by atoms with Crippen molar-refractivity contribution in [1.82, 2.24) is 16.0 Å². The zero-order valence-corrected chi connectivity index (χ0v) is 19.0. The number of nitrogens with two attached hydrogens (primary N) is 3. The Hall–Kier alpha value is -1.37. The minimum atomic E-state index is -1.63. The van der Waals surface area contributed by atoms with Crippen LogP contribution in [0.3, 0.4) is 0 Å². The van der Waals surface area contributed by atoms with Crippen molar-refractivity contribution in [1.29, 1.82) is 0 Å². The van der Waals surface area contributed by atoms with E-state index < -0.39 is 24.1 Å². The van der Waals surface area contributed by atoms with Crippen LogP contribution in [-0.2, 0) is 9.59 Å². The number of guanidine groups is 1. The Morgan fingerprint density at radius 2 is 1.57 bits per heavy atom. The van der Waals surface area contributed by atoms with Crippen LogP contribution in [0.4, 0.5) is 0 Å². The van der Waals surface area contributed by atoms with Gasteiger partial charge in [0.15, 0.2) is 5.96 Å². The van der Waals surface area contributed by atoms with Gasteiger partial charge in [-0.1, -0.05) is 0 Å². The topological polar surface area (TPSA) is 201 Å². The zero-order valence-electron chi connectivity index (χ0n) is 17.3. The Balaban J connectivity index is -0.00000364. The van der Waals surface area contributed by atoms with Crippen molar-refractivity contribution in [3.63, 3.8) is 0 Å². The van der Waals surface area contributed by atoms with Gasteiger partial charge in [0.2, 0.25) is 12.1 Å². The molecule has 0 rings (SSSR count). The van der Waals surface area contributed by atoms with Crippen molar-refractivity contribution in [2.45, 2.75) is 57.3 Å². The molecular formula is C17H39Cl2N7O4. The van der Waals surface area contributed by atoms with Crippen LogP contribution in [0.15, 0.2) is 4.99 Å². The van der Waals surface area contributed by atoms with Gasteiger partial charge in [-0.15, -0.1) is 24.8 Å². The SMILES string of the molecule is Cl.Cl.NCCCNCCCCNC(=O)C(O)NC(=O)CC(O)CCCCN=C(N)N. The molecule has 0 radical (unpaired) electrons. The van der Waals surface area contributed by atoms with E-state index in [1.165, 1.54) is 0 Å². The van der Waals surface area contributed by atoms with Gasteiger partial charge in [0.05, 0.1) is 12.5 Å². The molecule has 0 fully saturated rings. The molecule has 0 heterocycles. The quantitative estimate of drug-likeness (QED) is 0.0525. The van der Waals surface area contributed by atoms with E-state index in [2.05, 4.69) is 20.9 Å². The van der Waals surface area contributed by atoms with Crippen LogP contribution >= 0.6 is 24.8 Å². The minimum absolute atomic E-state index is 0. The van der Waals surface area contributed by atoms with E-state index >= 15 is 0 Å². The first-order valence-corrected chi connectivity index (χ1v) is 9.76. The lowest BCUT2D eigenvalue weighted by Gasteiger charge is -2.15. The number of hydrogen-bond donors (Lipinski definition) is 8. The molecule has 11 nitrogen and oxygen atoms in total. The highest BCUT2D eigenvalue weighted by Gasteiger charge is 2.18. The van der Waals surface area contributed by atoms with Crippen LogP contribution in [0.5, 0.6) is 0 Å². The number of aliphatic hydroxyl groups excluding tert-OH is 2. The molecule has 30 heavy (non-hydrogen) atoms. The summed E-state index contributed by atoms with van der Waals surface area (Å²) in [4.78, 5) is 27.3. The highest BCUT2D eigenvalue weighted by molar-refractivity contribution is 5.86. The van der Waals surface area contributed by atoms with Crippen molar-refractivity contribution in [2.24, 2.45) is 22.2 Å². The van der Waals surface area contributed by atoms with Crippen molar-refractivity contribution < 1.29 is 19.8 Å². The van der Waals surface area contributed by atoms with Gasteiger partial charge < -0.3 is 43.4 Å². The fourth-order valence-electron chi connectivity index (χ4n) is 2.33. The van der Waals surface area contributed by atoms with E-state index in [0.717, 1.165) is 32.4 Å². The molecule has 2 amide bonds. The van der Waals surface area contributed by atoms with E-state index in [1.54, 1.807) is 0 Å². The number of unbranched alkanes of at least 4 members (excludes halogenated alkanes) is 2. The standard InChI is InChI=1S/C17H37N7O4.2ClH/c18-7-5-9-21-8-3-4-10-22-15(27)16(28)24-14(26)12-13(25)6-1-2-11-23-17(19)20;;/h13,16,21,25,28H,1-12,18H2,(H,22,27)(H,24,26)(H4,19,20,23);2*1H. The van der Waals surface area contributed by atoms with Gasteiger partial charge in [0.1, 0.15) is 0 Å². The lowest BCUT2D eigenvalue weighted by atomic mass is 10.1. The molecule has 0 saturated heterocycles. The van der Waals surface area contributed by atoms with Crippen LogP contribution in [0.25, 0.3) is 0 Å². The average Bonchev–Trinajstić information content (AvgIpc) is 2.62. The molecule has 180 valence electrons. The minimum Gasteiger partial charge on any atom is -0.393 e. The Morgan fingerprint density at radius 1 is 0.933 bits per heavy atom. The number of carbonyl (C=O) groups is 2. The van der Waals surface area contributed by atoms with Crippen LogP contribution in [0.2, 0.25) is 0 Å². The van der Waals surface area contributed by atoms with Crippen LogP contribution < -0.4 is 33.2 Å². The second-order valence-corrected chi connectivity index (χ2v) is 6.52. The Bertz CT molecular complexity index is 469. The molecule has 0 aliphatic carbocycles. The fourth-order valence-corrected chi connectivity index (χ4v) is 2.33. The maximum atomic E-state index is 11.8. The Kier molecular flexibility index (Phi) is 24.8. The predicted molar refractivity (Wildman–Crippen MR) is 123 cm³/mol. The maximum absolute atomic E-state index is 11.8. The first-order valence-electron chi connectivity index (χ1n) is 9.76. The number of aliphatic hydroxyl groups is 2. The molecule has 13 heteroatoms. The van der Waals surface area contributed by atoms with Crippen molar-refractivity contribution in [3.05, 3.63) is 0 Å². The number of rotatable bonds is 17. The third-order valence-electron chi connectivity index (χ3n) is 3.84. The first kappa shape index (κ1) is 33.3. The van der Waals surface area contributed by atoms with E-state index in [-0.39, 0.29) is 37.2 Å². The summed E-state index contributed by atoms with van der Waals surface area (Å²) in [5, 5.41) is 27.5. The molecule has 0 saturated carbocycles. The highest BCUT2D eigenvalue weighted by atomic mass is 35.5. The number of amides is 2. The number of nitrogens with one attached hydrogen (secondary N) is 3. The van der Waals surface area contributed by atoms with Gasteiger partial charge in [0.25, 0.3) is 5.91 Å². The lowest BCUT2D eigenvalue weighted by Crippen LogP contribution is -2.47. The predicted octanol–water partition coefficient (Wildman–Crippen LogP) is -1.71. The Labute approximate surface area is 190 Å². The van der Waals surface area contributed by atoms with Crippen molar-refractivity contribution in [2.75, 3.05) is 32.7 Å². The van der Waals surface area contributed by atoms with Gasteiger partial charge in [-0.25, -0.2) is 0 Å². The number of aliphatic imine (C=N–C) groups is 1. The molecule has 11 N–H and O–H groups in total. The number of hydrogen-bond acceptors (Lipinski definition) is 7. The highest BCUT2D eigenvalue weighted by Crippen LogP contribution is 2.05. The van der Waals surface area contributed by atoms with Gasteiger partial charge >= 0.3 is 0 Å². The largest absolute Gasteiger partial charge is 0.393 e. The summed E-state index contributed by atoms with van der Waals surface area (Å²) in [6.07, 6.45) is 1.60. The summed E-state index contributed by atoms with van der Waals surface area (Å²) < 4.78 is 0. The normalized spacial score (nSPS) is 12.0. The lowest BCUT2D eigenvalue weighted by molar-refractivity contribution is -0.137. The first-order chi connectivity index (χ1) is 13.4. The maximum Gasteiger partial charge on any atom is 0.269 e. The molecule has 0 bridgehead atoms. The van der Waals surface area contributed by atoms with E-state index in [9.17, 15) is 19.8 Å². The third kappa shape index (κ3) is 21.3. The monoisotopic (exact) mass is 475 g/mol. The van der Waals surface area contributed by atoms with E-state index in [1.807, 2.05) is 0 Å². The summed E-state index contributed by atoms with van der Waals surface area (Å²) in [7, 11) is 0. The molecule has 0 aromatic carbocycles. The average molecular weight is 476 g/mol. The van der Waals surface area contributed by atoms with Gasteiger partial charge in [-0.2, -0.15) is 0 Å². The number of halogens is 2. The second kappa shape index (κ2) is 22.3. The Morgan fingerprint density at radius 3 is 2.20 bits per heavy atom. The summed E-state index contributed by atoms with van der Waals surface area (Å²) >= 11 is 0. The van der Waals surface area contributed by atoms with E-state index in [0.29, 0.717) is 38.9 Å². The molecule has 0 aromatic rings. The van der Waals surface area contributed by atoms with E-state index in [4.69, 9.17) is 17.2 Å².